The van der Waals surface area contributed by atoms with Crippen LogP contribution in [0.5, 0.6) is 0 Å². The first-order valence-electron chi connectivity index (χ1n) is 6.10. The Morgan fingerprint density at radius 1 is 1.19 bits per heavy atom. The fraction of sp³-hybridized carbons (Fsp3) is 0.538. The van der Waals surface area contributed by atoms with Crippen molar-refractivity contribution in [2.45, 2.75) is 26.8 Å². The number of hydrogen-bond donors (Lipinski definition) is 0. The van der Waals surface area contributed by atoms with Gasteiger partial charge in [-0.1, -0.05) is 38.1 Å². The van der Waals surface area contributed by atoms with Gasteiger partial charge in [0.1, 0.15) is 7.29 Å². The molecule has 0 spiro atoms. The van der Waals surface area contributed by atoms with E-state index in [4.69, 9.17) is 0 Å². The molecule has 1 heterocycles. The molecule has 0 bridgehead atoms. The molecule has 0 unspecified atom stereocenters. The number of rotatable bonds is 3. The summed E-state index contributed by atoms with van der Waals surface area (Å²) in [6, 6.07) is 8.52. The summed E-state index contributed by atoms with van der Waals surface area (Å²) in [5, 5.41) is 0. The van der Waals surface area contributed by atoms with Crippen molar-refractivity contribution in [3.8, 4) is 0 Å². The third-order valence-electron chi connectivity index (χ3n) is 3.61. The highest BCUT2D eigenvalue weighted by Crippen LogP contribution is 2.50. The van der Waals surface area contributed by atoms with E-state index in [2.05, 4.69) is 28.9 Å². The van der Waals surface area contributed by atoms with Crippen molar-refractivity contribution in [2.24, 2.45) is 0 Å². The van der Waals surface area contributed by atoms with Crippen LogP contribution in [0.4, 0.5) is 0 Å². The number of hydrogen-bond acceptors (Lipinski definition) is 1. The molecule has 1 aliphatic heterocycles. The Labute approximate surface area is 98.1 Å². The molecule has 2 nitrogen and oxygen atoms in total. The Morgan fingerprint density at radius 2 is 1.81 bits per heavy atom. The Kier molecular flexibility index (Phi) is 3.51. The van der Waals surface area contributed by atoms with Crippen LogP contribution in [0.1, 0.15) is 25.0 Å². The molecule has 0 aromatic heterocycles. The van der Waals surface area contributed by atoms with Crippen LogP contribution in [-0.4, -0.2) is 23.5 Å². The van der Waals surface area contributed by atoms with Crippen LogP contribution >= 0.6 is 7.29 Å². The van der Waals surface area contributed by atoms with E-state index in [9.17, 15) is 4.57 Å². The minimum Gasteiger partial charge on any atom is -0.307 e. The first-order valence-corrected chi connectivity index (χ1v) is 8.13. The van der Waals surface area contributed by atoms with Gasteiger partial charge in [0.05, 0.1) is 0 Å². The monoisotopic (exact) mass is 237 g/mol. The van der Waals surface area contributed by atoms with Gasteiger partial charge in [-0.15, -0.1) is 0 Å². The molecular formula is C13H20NOP. The van der Waals surface area contributed by atoms with Crippen LogP contribution in [0.3, 0.4) is 0 Å². The standard InChI is InChI=1S/C13H20NOP/c1-3-16(15,4-2)14-10-9-12-7-5-6-8-13(12)11-14/h5-8H,3-4,9-11H2,1-2H3. The molecule has 1 aliphatic rings. The molecule has 0 radical (unpaired) electrons. The van der Waals surface area contributed by atoms with E-state index < -0.39 is 7.29 Å². The Bertz CT molecular complexity index is 408. The van der Waals surface area contributed by atoms with E-state index in [1.807, 2.05) is 13.8 Å². The van der Waals surface area contributed by atoms with Crippen molar-refractivity contribution in [3.05, 3.63) is 35.4 Å². The highest BCUT2D eigenvalue weighted by atomic mass is 31.2. The van der Waals surface area contributed by atoms with Crippen LogP contribution in [0.2, 0.25) is 0 Å². The summed E-state index contributed by atoms with van der Waals surface area (Å²) in [5.74, 6) is 0. The molecular weight excluding hydrogens is 217 g/mol. The minimum atomic E-state index is -2.08. The van der Waals surface area contributed by atoms with Crippen molar-refractivity contribution in [2.75, 3.05) is 18.9 Å². The first kappa shape index (κ1) is 11.9. The molecule has 0 N–H and O–H groups in total. The van der Waals surface area contributed by atoms with E-state index >= 15 is 0 Å². The summed E-state index contributed by atoms with van der Waals surface area (Å²) in [7, 11) is -2.08. The second kappa shape index (κ2) is 4.73. The molecule has 0 aliphatic carbocycles. The minimum absolute atomic E-state index is 0.797. The fourth-order valence-corrected chi connectivity index (χ4v) is 4.54. The maximum absolute atomic E-state index is 12.6. The highest BCUT2D eigenvalue weighted by Gasteiger charge is 2.29. The topological polar surface area (TPSA) is 20.3 Å². The zero-order valence-corrected chi connectivity index (χ0v) is 11.0. The molecule has 0 fully saturated rings. The van der Waals surface area contributed by atoms with Gasteiger partial charge in [0, 0.05) is 25.4 Å². The third-order valence-corrected chi connectivity index (χ3v) is 6.96. The molecule has 0 atom stereocenters. The molecule has 88 valence electrons. The average molecular weight is 237 g/mol. The van der Waals surface area contributed by atoms with Crippen LogP contribution in [-0.2, 0) is 17.5 Å². The van der Waals surface area contributed by atoms with Crippen LogP contribution in [0.25, 0.3) is 0 Å². The van der Waals surface area contributed by atoms with Crippen molar-refractivity contribution >= 4 is 7.29 Å². The van der Waals surface area contributed by atoms with Gasteiger partial charge in [0.2, 0.25) is 0 Å². The summed E-state index contributed by atoms with van der Waals surface area (Å²) in [4.78, 5) is 0. The van der Waals surface area contributed by atoms with E-state index in [0.717, 1.165) is 31.8 Å². The number of benzene rings is 1. The zero-order valence-electron chi connectivity index (χ0n) is 10.1. The molecule has 1 aromatic rings. The molecule has 0 saturated carbocycles. The van der Waals surface area contributed by atoms with Crippen LogP contribution < -0.4 is 0 Å². The fourth-order valence-electron chi connectivity index (χ4n) is 2.42. The maximum Gasteiger partial charge on any atom is 0.150 e. The molecule has 1 aromatic carbocycles. The van der Waals surface area contributed by atoms with E-state index in [1.54, 1.807) is 0 Å². The maximum atomic E-state index is 12.6. The second-order valence-electron chi connectivity index (χ2n) is 4.39. The van der Waals surface area contributed by atoms with Crippen molar-refractivity contribution in [1.29, 1.82) is 0 Å². The summed E-state index contributed by atoms with van der Waals surface area (Å²) in [6.07, 6.45) is 2.64. The summed E-state index contributed by atoms with van der Waals surface area (Å²) in [5.41, 5.74) is 2.79. The average Bonchev–Trinajstić information content (AvgIpc) is 2.37. The van der Waals surface area contributed by atoms with Gasteiger partial charge in [-0.3, -0.25) is 0 Å². The molecule has 2 rings (SSSR count). The second-order valence-corrected chi connectivity index (χ2v) is 7.91. The van der Waals surface area contributed by atoms with Gasteiger partial charge >= 0.3 is 0 Å². The normalized spacial score (nSPS) is 17.1. The van der Waals surface area contributed by atoms with Gasteiger partial charge in [0.25, 0.3) is 0 Å². The highest BCUT2D eigenvalue weighted by molar-refractivity contribution is 7.61. The summed E-state index contributed by atoms with van der Waals surface area (Å²) in [6.45, 7) is 5.92. The largest absolute Gasteiger partial charge is 0.307 e. The Hall–Kier alpha value is -0.590. The Balaban J connectivity index is 2.23. The molecule has 16 heavy (non-hydrogen) atoms. The van der Waals surface area contributed by atoms with Crippen molar-refractivity contribution in [1.82, 2.24) is 4.67 Å². The summed E-state index contributed by atoms with van der Waals surface area (Å²) < 4.78 is 14.9. The van der Waals surface area contributed by atoms with Gasteiger partial charge in [-0.25, -0.2) is 4.67 Å². The molecule has 0 amide bonds. The van der Waals surface area contributed by atoms with Gasteiger partial charge < -0.3 is 4.57 Å². The van der Waals surface area contributed by atoms with Crippen molar-refractivity contribution < 1.29 is 4.57 Å². The molecule has 0 saturated heterocycles. The lowest BCUT2D eigenvalue weighted by molar-refractivity contribution is 0.390. The SMILES string of the molecule is CCP(=O)(CC)N1CCc2ccccc2C1. The lowest BCUT2D eigenvalue weighted by Gasteiger charge is -2.34. The van der Waals surface area contributed by atoms with Gasteiger partial charge in [0.15, 0.2) is 0 Å². The lowest BCUT2D eigenvalue weighted by atomic mass is 10.0. The van der Waals surface area contributed by atoms with E-state index in [0.29, 0.717) is 0 Å². The predicted octanol–water partition coefficient (Wildman–Crippen LogP) is 3.36. The zero-order chi connectivity index (χ0) is 11.6. The van der Waals surface area contributed by atoms with Crippen molar-refractivity contribution in [3.63, 3.8) is 0 Å². The first-order chi connectivity index (χ1) is 7.69. The number of fused-ring (bicyclic) bond motifs is 1. The Morgan fingerprint density at radius 3 is 2.44 bits per heavy atom. The number of nitrogens with zero attached hydrogens (tertiary/aromatic N) is 1. The van der Waals surface area contributed by atoms with Gasteiger partial charge in [-0.2, -0.15) is 0 Å². The quantitative estimate of drug-likeness (QED) is 0.751. The summed E-state index contributed by atoms with van der Waals surface area (Å²) >= 11 is 0. The smallest absolute Gasteiger partial charge is 0.150 e. The van der Waals surface area contributed by atoms with Crippen LogP contribution in [0.15, 0.2) is 24.3 Å². The van der Waals surface area contributed by atoms with Gasteiger partial charge in [-0.05, 0) is 17.5 Å². The van der Waals surface area contributed by atoms with Crippen LogP contribution in [0, 0.1) is 0 Å². The molecule has 3 heteroatoms. The van der Waals surface area contributed by atoms with E-state index in [1.165, 1.54) is 11.1 Å². The third kappa shape index (κ3) is 2.09. The van der Waals surface area contributed by atoms with E-state index in [-0.39, 0.29) is 0 Å². The predicted molar refractivity (Wildman–Crippen MR) is 69.2 cm³/mol. The lowest BCUT2D eigenvalue weighted by Crippen LogP contribution is -2.29.